The number of aryl methyl sites for hydroxylation is 1. The number of carboxylic acid groups (broad SMARTS) is 1. The van der Waals surface area contributed by atoms with E-state index in [1.54, 1.807) is 19.1 Å². The Morgan fingerprint density at radius 2 is 2.14 bits per heavy atom. The van der Waals surface area contributed by atoms with Crippen LogP contribution in [0.25, 0.3) is 0 Å². The standard InChI is InChI=1S/C22H30ClNO4S/c1-14(25)4-2-5-16(26)8-10-18-15(13-24)12-20(23)19(18)7-3-6-17-9-11-21(29-17)22(27)28/h8-11,14-16,18-20,25-26H,2-7,12H2,1H3,(H,27,28)/b10-8+/t14-,15+,16+,18+,19-,20-/m1/s1. The number of alkyl halides is 1. The number of aromatic carboxylic acids is 1. The average molecular weight is 440 g/mol. The normalized spacial score (nSPS) is 26.4. The first-order valence-electron chi connectivity index (χ1n) is 10.2. The quantitative estimate of drug-likeness (QED) is 0.345. The molecule has 0 spiro atoms. The van der Waals surface area contributed by atoms with E-state index in [1.165, 1.54) is 11.3 Å². The molecule has 1 heterocycles. The minimum absolute atomic E-state index is 0.0202. The second-order valence-electron chi connectivity index (χ2n) is 7.92. The number of carbonyl (C=O) groups is 1. The molecule has 1 aliphatic carbocycles. The first kappa shape index (κ1) is 23.9. The number of halogens is 1. The lowest BCUT2D eigenvalue weighted by Gasteiger charge is -2.20. The van der Waals surface area contributed by atoms with Crippen LogP contribution in [0.15, 0.2) is 24.3 Å². The van der Waals surface area contributed by atoms with Crippen LogP contribution >= 0.6 is 22.9 Å². The number of nitriles is 1. The van der Waals surface area contributed by atoms with E-state index in [2.05, 4.69) is 6.07 Å². The molecule has 5 nitrogen and oxygen atoms in total. The molecule has 0 unspecified atom stereocenters. The maximum absolute atomic E-state index is 11.0. The highest BCUT2D eigenvalue weighted by Gasteiger charge is 2.40. The number of hydrogen-bond acceptors (Lipinski definition) is 5. The lowest BCUT2D eigenvalue weighted by molar-refractivity contribution is 0.0702. The summed E-state index contributed by atoms with van der Waals surface area (Å²) >= 11 is 7.86. The van der Waals surface area contributed by atoms with Crippen LogP contribution in [0.2, 0.25) is 0 Å². The van der Waals surface area contributed by atoms with Crippen LogP contribution in [0.5, 0.6) is 0 Å². The SMILES string of the molecule is C[C@@H](O)CCC[C@H](O)/C=C/[C@@H]1[C@@H](CCCc2ccc(C(=O)O)s2)[C@H](Cl)C[C@H]1C#N. The van der Waals surface area contributed by atoms with Crippen molar-refractivity contribution in [3.8, 4) is 6.07 Å². The van der Waals surface area contributed by atoms with Gasteiger partial charge in [-0.3, -0.25) is 0 Å². The van der Waals surface area contributed by atoms with Crippen LogP contribution in [0.4, 0.5) is 0 Å². The van der Waals surface area contributed by atoms with Crippen LogP contribution in [0.1, 0.15) is 60.0 Å². The van der Waals surface area contributed by atoms with Gasteiger partial charge in [-0.25, -0.2) is 4.79 Å². The molecule has 1 saturated carbocycles. The summed E-state index contributed by atoms with van der Waals surface area (Å²) in [6.45, 7) is 1.74. The lowest BCUT2D eigenvalue weighted by atomic mass is 9.86. The molecule has 1 fully saturated rings. The highest BCUT2D eigenvalue weighted by atomic mass is 35.5. The predicted octanol–water partition coefficient (Wildman–Crippen LogP) is 4.62. The van der Waals surface area contributed by atoms with Crippen LogP contribution < -0.4 is 0 Å². The Hall–Kier alpha value is -1.39. The van der Waals surface area contributed by atoms with E-state index in [9.17, 15) is 20.3 Å². The van der Waals surface area contributed by atoms with Crippen molar-refractivity contribution >= 4 is 28.9 Å². The molecule has 0 amide bonds. The van der Waals surface area contributed by atoms with Crippen LogP contribution in [0.3, 0.4) is 0 Å². The lowest BCUT2D eigenvalue weighted by Crippen LogP contribution is -2.17. The topological polar surface area (TPSA) is 102 Å². The fourth-order valence-electron chi connectivity index (χ4n) is 4.02. The number of hydrogen-bond donors (Lipinski definition) is 3. The average Bonchev–Trinajstić information content (AvgIpc) is 3.25. The first-order chi connectivity index (χ1) is 13.8. The summed E-state index contributed by atoms with van der Waals surface area (Å²) in [6, 6.07) is 5.87. The highest BCUT2D eigenvalue weighted by molar-refractivity contribution is 7.13. The molecule has 3 N–H and O–H groups in total. The number of aliphatic hydroxyl groups is 2. The van der Waals surface area contributed by atoms with Gasteiger partial charge in [0.2, 0.25) is 0 Å². The van der Waals surface area contributed by atoms with Crippen molar-refractivity contribution in [1.29, 1.82) is 5.26 Å². The summed E-state index contributed by atoms with van der Waals surface area (Å²) in [6.07, 6.45) is 7.98. The maximum Gasteiger partial charge on any atom is 0.345 e. The molecule has 1 aromatic heterocycles. The zero-order valence-corrected chi connectivity index (χ0v) is 18.3. The van der Waals surface area contributed by atoms with Crippen LogP contribution in [0, 0.1) is 29.1 Å². The van der Waals surface area contributed by atoms with E-state index in [0.717, 1.165) is 30.6 Å². The van der Waals surface area contributed by atoms with Crippen molar-refractivity contribution in [3.05, 3.63) is 34.0 Å². The van der Waals surface area contributed by atoms with Crippen molar-refractivity contribution in [2.45, 2.75) is 69.5 Å². The zero-order valence-electron chi connectivity index (χ0n) is 16.7. The van der Waals surface area contributed by atoms with E-state index in [-0.39, 0.29) is 29.2 Å². The van der Waals surface area contributed by atoms with Gasteiger partial charge >= 0.3 is 5.97 Å². The van der Waals surface area contributed by atoms with Gasteiger partial charge in [-0.1, -0.05) is 12.2 Å². The van der Waals surface area contributed by atoms with Gasteiger partial charge in [0.1, 0.15) is 4.88 Å². The second kappa shape index (κ2) is 11.7. The number of rotatable bonds is 11. The molecule has 160 valence electrons. The van der Waals surface area contributed by atoms with Crippen molar-refractivity contribution in [2.75, 3.05) is 0 Å². The van der Waals surface area contributed by atoms with E-state index in [1.807, 2.05) is 12.1 Å². The molecule has 0 radical (unpaired) electrons. The highest BCUT2D eigenvalue weighted by Crippen LogP contribution is 2.43. The second-order valence-corrected chi connectivity index (χ2v) is 9.65. The summed E-state index contributed by atoms with van der Waals surface area (Å²) < 4.78 is 0. The minimum Gasteiger partial charge on any atom is -0.477 e. The van der Waals surface area contributed by atoms with Gasteiger partial charge in [-0.05, 0) is 75.8 Å². The Kier molecular flexibility index (Phi) is 9.64. The van der Waals surface area contributed by atoms with Crippen molar-refractivity contribution in [1.82, 2.24) is 0 Å². The van der Waals surface area contributed by atoms with E-state index < -0.39 is 12.1 Å². The summed E-state index contributed by atoms with van der Waals surface area (Å²) in [5, 5.41) is 38.0. The third-order valence-electron chi connectivity index (χ3n) is 5.58. The monoisotopic (exact) mass is 439 g/mol. The summed E-state index contributed by atoms with van der Waals surface area (Å²) in [5.74, 6) is -0.858. The zero-order chi connectivity index (χ0) is 21.4. The molecule has 6 atom stereocenters. The Balaban J connectivity index is 1.90. The third-order valence-corrected chi connectivity index (χ3v) is 7.21. The van der Waals surface area contributed by atoms with Gasteiger partial charge in [0.25, 0.3) is 0 Å². The maximum atomic E-state index is 11.0. The van der Waals surface area contributed by atoms with E-state index >= 15 is 0 Å². The van der Waals surface area contributed by atoms with Gasteiger partial charge < -0.3 is 15.3 Å². The molecule has 0 aromatic carbocycles. The van der Waals surface area contributed by atoms with E-state index in [4.69, 9.17) is 16.7 Å². The van der Waals surface area contributed by atoms with Crippen molar-refractivity contribution in [3.63, 3.8) is 0 Å². The fraction of sp³-hybridized carbons (Fsp3) is 0.636. The smallest absolute Gasteiger partial charge is 0.345 e. The number of aliphatic hydroxyl groups excluding tert-OH is 2. The Morgan fingerprint density at radius 1 is 1.38 bits per heavy atom. The first-order valence-corrected chi connectivity index (χ1v) is 11.5. The van der Waals surface area contributed by atoms with Gasteiger partial charge in [-0.2, -0.15) is 5.26 Å². The van der Waals surface area contributed by atoms with Crippen molar-refractivity contribution in [2.24, 2.45) is 17.8 Å². The Labute approximate surface area is 181 Å². The molecule has 1 aromatic rings. The third kappa shape index (κ3) is 7.42. The molecule has 2 rings (SSSR count). The molecule has 1 aliphatic rings. The predicted molar refractivity (Wildman–Crippen MR) is 115 cm³/mol. The summed E-state index contributed by atoms with van der Waals surface area (Å²) in [5.41, 5.74) is 0. The molecule has 0 bridgehead atoms. The number of nitrogens with zero attached hydrogens (tertiary/aromatic N) is 1. The molecule has 7 heteroatoms. The van der Waals surface area contributed by atoms with Gasteiger partial charge in [0.05, 0.1) is 24.2 Å². The molecular weight excluding hydrogens is 410 g/mol. The number of thiophene rings is 1. The van der Waals surface area contributed by atoms with E-state index in [0.29, 0.717) is 24.1 Å². The Morgan fingerprint density at radius 3 is 2.76 bits per heavy atom. The largest absolute Gasteiger partial charge is 0.477 e. The fourth-order valence-corrected chi connectivity index (χ4v) is 5.39. The van der Waals surface area contributed by atoms with Crippen LogP contribution in [-0.2, 0) is 6.42 Å². The van der Waals surface area contributed by atoms with Crippen molar-refractivity contribution < 1.29 is 20.1 Å². The number of carboxylic acids is 1. The summed E-state index contributed by atoms with van der Waals surface area (Å²) in [7, 11) is 0. The van der Waals surface area contributed by atoms with Gasteiger partial charge in [-0.15, -0.1) is 22.9 Å². The van der Waals surface area contributed by atoms with Gasteiger partial charge in [0, 0.05) is 10.3 Å². The van der Waals surface area contributed by atoms with Crippen LogP contribution in [-0.4, -0.2) is 38.9 Å². The summed E-state index contributed by atoms with van der Waals surface area (Å²) in [4.78, 5) is 12.4. The molecular formula is C22H30ClNO4S. The minimum atomic E-state index is -0.896. The van der Waals surface area contributed by atoms with Gasteiger partial charge in [0.15, 0.2) is 0 Å². The Bertz CT molecular complexity index is 727. The molecule has 29 heavy (non-hydrogen) atoms. The molecule has 0 aliphatic heterocycles. The molecule has 0 saturated heterocycles. The number of allylic oxidation sites excluding steroid dienone is 1.